The Morgan fingerprint density at radius 1 is 1.20 bits per heavy atom. The zero-order valence-electron chi connectivity index (χ0n) is 6.48. The molecule has 0 saturated carbocycles. The van der Waals surface area contributed by atoms with E-state index >= 15 is 0 Å². The van der Waals surface area contributed by atoms with Crippen LogP contribution in [-0.2, 0) is 11.2 Å². The van der Waals surface area contributed by atoms with Crippen LogP contribution in [0.15, 0.2) is 0 Å². The molecule has 0 rings (SSSR count). The zero-order valence-corrected chi connectivity index (χ0v) is 9.85. The van der Waals surface area contributed by atoms with Gasteiger partial charge in [-0.25, -0.2) is 0 Å². The fourth-order valence-electron chi connectivity index (χ4n) is 0.577. The molecule has 0 N–H and O–H groups in total. The van der Waals surface area contributed by atoms with E-state index < -0.39 is 11.2 Å². The second-order valence-electron chi connectivity index (χ2n) is 2.33. The van der Waals surface area contributed by atoms with Gasteiger partial charge in [0.2, 0.25) is 0 Å². The van der Waals surface area contributed by atoms with Crippen LogP contribution < -0.4 is 0 Å². The molecule has 10 heavy (non-hydrogen) atoms. The molecule has 0 amide bonds. The maximum atomic E-state index is 4.89. The Balaban J connectivity index is 0. The van der Waals surface area contributed by atoms with Crippen molar-refractivity contribution in [2.45, 2.75) is 33.6 Å². The van der Waals surface area contributed by atoms with Gasteiger partial charge < -0.3 is 0 Å². The molecule has 0 fully saturated rings. The average Bonchev–Trinajstić information content (AvgIpc) is 1.62. The predicted molar refractivity (Wildman–Crippen MR) is 47.3 cm³/mol. The molecule has 0 bridgehead atoms. The van der Waals surface area contributed by atoms with E-state index in [1.54, 1.807) is 0 Å². The third-order valence-corrected chi connectivity index (χ3v) is 0.866. The SMILES string of the molecule is CCCC(C)C.[Cl][Fe]([Cl])[Cl]. The molecule has 0 aliphatic carbocycles. The standard InChI is InChI=1S/C6H14.3ClH.Fe/c1-4-5-6(2)3;;;;/h6H,4-5H2,1-3H3;3*1H;/q;;;;+3/p-3. The van der Waals surface area contributed by atoms with Crippen molar-refractivity contribution in [2.75, 3.05) is 0 Å². The molecule has 0 aliphatic heterocycles. The molecule has 0 aliphatic rings. The monoisotopic (exact) mass is 247 g/mol. The van der Waals surface area contributed by atoms with Gasteiger partial charge in [0.25, 0.3) is 0 Å². The first-order valence-electron chi connectivity index (χ1n) is 3.17. The third kappa shape index (κ3) is 34.3. The van der Waals surface area contributed by atoms with Crippen molar-refractivity contribution >= 4 is 30.3 Å². The van der Waals surface area contributed by atoms with Crippen molar-refractivity contribution in [2.24, 2.45) is 5.92 Å². The molecular formula is C6H14Cl3Fe. The van der Waals surface area contributed by atoms with Crippen LogP contribution in [0.2, 0.25) is 0 Å². The fraction of sp³-hybridized carbons (Fsp3) is 1.00. The Bertz CT molecular complexity index is 54.2. The van der Waals surface area contributed by atoms with E-state index in [1.165, 1.54) is 12.8 Å². The van der Waals surface area contributed by atoms with Gasteiger partial charge in [-0.3, -0.25) is 0 Å². The predicted octanol–water partition coefficient (Wildman–Crippen LogP) is 4.51. The summed E-state index contributed by atoms with van der Waals surface area (Å²) in [5.74, 6) is 0.898. The third-order valence-electron chi connectivity index (χ3n) is 0.866. The maximum absolute atomic E-state index is 4.89. The summed E-state index contributed by atoms with van der Waals surface area (Å²) in [6.45, 7) is 6.73. The molecule has 0 spiro atoms. The first-order valence-corrected chi connectivity index (χ1v) is 7.73. The van der Waals surface area contributed by atoms with Crippen molar-refractivity contribution in [3.8, 4) is 0 Å². The summed E-state index contributed by atoms with van der Waals surface area (Å²) in [6, 6.07) is 0. The van der Waals surface area contributed by atoms with E-state index in [2.05, 4.69) is 20.8 Å². The molecule has 0 saturated heterocycles. The average molecular weight is 248 g/mol. The van der Waals surface area contributed by atoms with Crippen LogP contribution in [0.3, 0.4) is 0 Å². The Kier molecular flexibility index (Phi) is 14.5. The summed E-state index contributed by atoms with van der Waals surface area (Å²) in [4.78, 5) is 0. The number of halogens is 3. The van der Waals surface area contributed by atoms with Crippen LogP contribution in [0.5, 0.6) is 0 Å². The van der Waals surface area contributed by atoms with Gasteiger partial charge in [0.15, 0.2) is 0 Å². The van der Waals surface area contributed by atoms with Crippen molar-refractivity contribution < 1.29 is 11.2 Å². The molecule has 0 aromatic carbocycles. The summed E-state index contributed by atoms with van der Waals surface area (Å²) in [5, 5.41) is 0. The van der Waals surface area contributed by atoms with E-state index in [0.29, 0.717) is 0 Å². The van der Waals surface area contributed by atoms with Gasteiger partial charge >= 0.3 is 41.5 Å². The summed E-state index contributed by atoms with van der Waals surface area (Å²) >= 11 is -1.33. The van der Waals surface area contributed by atoms with Gasteiger partial charge in [-0.15, -0.1) is 0 Å². The van der Waals surface area contributed by atoms with E-state index in [-0.39, 0.29) is 0 Å². The van der Waals surface area contributed by atoms with E-state index in [9.17, 15) is 0 Å². The number of hydrogen-bond donors (Lipinski definition) is 0. The van der Waals surface area contributed by atoms with Crippen molar-refractivity contribution in [1.29, 1.82) is 0 Å². The second kappa shape index (κ2) is 10.4. The summed E-state index contributed by atoms with van der Waals surface area (Å²) in [5.41, 5.74) is 0. The zero-order chi connectivity index (χ0) is 8.57. The van der Waals surface area contributed by atoms with Gasteiger partial charge in [-0.2, -0.15) is 0 Å². The quantitative estimate of drug-likeness (QED) is 0.631. The summed E-state index contributed by atoms with van der Waals surface area (Å²) in [6.07, 6.45) is 2.71. The van der Waals surface area contributed by atoms with Gasteiger partial charge in [0.1, 0.15) is 0 Å². The molecule has 0 heterocycles. The summed E-state index contributed by atoms with van der Waals surface area (Å²) < 4.78 is 0. The number of rotatable bonds is 2. The molecule has 0 aromatic heterocycles. The first kappa shape index (κ1) is 13.9. The van der Waals surface area contributed by atoms with Crippen molar-refractivity contribution in [3.05, 3.63) is 0 Å². The van der Waals surface area contributed by atoms with Crippen molar-refractivity contribution in [1.82, 2.24) is 0 Å². The van der Waals surface area contributed by atoms with Crippen LogP contribution in [0.1, 0.15) is 33.6 Å². The first-order chi connectivity index (χ1) is 4.50. The van der Waals surface area contributed by atoms with Crippen LogP contribution in [0, 0.1) is 5.92 Å². The molecule has 4 heteroatoms. The molecule has 0 unspecified atom stereocenters. The van der Waals surface area contributed by atoms with Gasteiger partial charge in [0.05, 0.1) is 0 Å². The second-order valence-corrected chi connectivity index (χ2v) is 7.81. The Hall–Kier alpha value is 1.39. The molecule has 0 atom stereocenters. The Labute approximate surface area is 80.8 Å². The molecule has 67 valence electrons. The molecule has 0 radical (unpaired) electrons. The fourth-order valence-corrected chi connectivity index (χ4v) is 0.577. The van der Waals surface area contributed by atoms with E-state index in [4.69, 9.17) is 30.3 Å². The Morgan fingerprint density at radius 2 is 1.50 bits per heavy atom. The minimum absolute atomic E-state index is 0.898. The van der Waals surface area contributed by atoms with E-state index in [1.807, 2.05) is 0 Å². The van der Waals surface area contributed by atoms with Crippen LogP contribution >= 0.6 is 30.3 Å². The minimum atomic E-state index is -1.33. The summed E-state index contributed by atoms with van der Waals surface area (Å²) in [7, 11) is 14.7. The molecule has 0 nitrogen and oxygen atoms in total. The molecule has 0 aromatic rings. The van der Waals surface area contributed by atoms with Crippen LogP contribution in [0.25, 0.3) is 0 Å². The van der Waals surface area contributed by atoms with Crippen molar-refractivity contribution in [3.63, 3.8) is 0 Å². The van der Waals surface area contributed by atoms with Crippen LogP contribution in [-0.4, -0.2) is 0 Å². The normalized spacial score (nSPS) is 10.5. The van der Waals surface area contributed by atoms with Gasteiger partial charge in [-0.1, -0.05) is 33.6 Å². The van der Waals surface area contributed by atoms with Gasteiger partial charge in [-0.05, 0) is 5.92 Å². The Morgan fingerprint density at radius 3 is 1.50 bits per heavy atom. The number of hydrogen-bond acceptors (Lipinski definition) is 0. The topological polar surface area (TPSA) is 0 Å². The van der Waals surface area contributed by atoms with Crippen LogP contribution in [0.4, 0.5) is 0 Å². The molecular weight excluding hydrogens is 234 g/mol. The van der Waals surface area contributed by atoms with Gasteiger partial charge in [0, 0.05) is 0 Å². The van der Waals surface area contributed by atoms with E-state index in [0.717, 1.165) is 5.92 Å².